The first kappa shape index (κ1) is 11.1. The lowest BCUT2D eigenvalue weighted by Gasteiger charge is -2.08. The van der Waals surface area contributed by atoms with Crippen LogP contribution in [0.2, 0.25) is 0 Å². The molecule has 1 atom stereocenters. The van der Waals surface area contributed by atoms with Gasteiger partial charge in [-0.05, 0) is 17.7 Å². The predicted octanol–water partition coefficient (Wildman–Crippen LogP) is 3.46. The monoisotopic (exact) mass is 236 g/mol. The van der Waals surface area contributed by atoms with Gasteiger partial charge in [-0.25, -0.2) is 0 Å². The van der Waals surface area contributed by atoms with Gasteiger partial charge in [-0.3, -0.25) is 0 Å². The maximum atomic E-state index is 11.9. The van der Waals surface area contributed by atoms with Crippen molar-refractivity contribution in [3.63, 3.8) is 0 Å². The molecule has 4 heteroatoms. The van der Waals surface area contributed by atoms with Gasteiger partial charge in [0.25, 0.3) is 0 Å². The Kier molecular flexibility index (Phi) is 4.31. The normalized spacial score (nSPS) is 15.2. The second-order valence-corrected chi connectivity index (χ2v) is 7.04. The van der Waals surface area contributed by atoms with Gasteiger partial charge in [-0.2, -0.15) is 0 Å². The summed E-state index contributed by atoms with van der Waals surface area (Å²) >= 11 is 11.5. The minimum absolute atomic E-state index is 0.474. The Balaban J connectivity index is 2.76. The molecule has 1 aromatic carbocycles. The molecule has 1 nitrogen and oxygen atoms in total. The minimum Gasteiger partial charge on any atom is -0.302 e. The van der Waals surface area contributed by atoms with Crippen LogP contribution >= 0.6 is 29.3 Å². The Hall–Kier alpha value is 0.0300. The smallest absolute Gasteiger partial charge is 0.197 e. The van der Waals surface area contributed by atoms with Gasteiger partial charge in [0.1, 0.15) is 0 Å². The summed E-state index contributed by atoms with van der Waals surface area (Å²) in [5, 5.41) is 0.724. The van der Waals surface area contributed by atoms with Crippen LogP contribution in [-0.2, 0) is 4.57 Å². The van der Waals surface area contributed by atoms with Crippen molar-refractivity contribution in [3.8, 4) is 0 Å². The Morgan fingerprint density at radius 2 is 1.85 bits per heavy atom. The van der Waals surface area contributed by atoms with Crippen molar-refractivity contribution in [2.45, 2.75) is 6.42 Å². The van der Waals surface area contributed by atoms with Crippen LogP contribution in [0, 0.1) is 0 Å². The standard InChI is InChI=1S/C9H11Cl2OP/c10-7-4-8-13(11,12)9-5-2-1-3-6-9/h1-3,5-6H,4,7-8H2. The first-order chi connectivity index (χ1) is 6.17. The van der Waals surface area contributed by atoms with Gasteiger partial charge in [0.05, 0.1) is 0 Å². The van der Waals surface area contributed by atoms with E-state index in [9.17, 15) is 4.57 Å². The zero-order chi connectivity index (χ0) is 9.73. The van der Waals surface area contributed by atoms with Crippen LogP contribution in [0.5, 0.6) is 0 Å². The second kappa shape index (κ2) is 5.05. The highest BCUT2D eigenvalue weighted by Crippen LogP contribution is 2.50. The quantitative estimate of drug-likeness (QED) is 0.578. The van der Waals surface area contributed by atoms with Gasteiger partial charge in [-0.15, -0.1) is 11.6 Å². The molecule has 0 heterocycles. The van der Waals surface area contributed by atoms with Crippen LogP contribution in [0.3, 0.4) is 0 Å². The lowest BCUT2D eigenvalue weighted by Crippen LogP contribution is -2.02. The highest BCUT2D eigenvalue weighted by atomic mass is 35.7. The molecule has 0 amide bonds. The molecular weight excluding hydrogens is 226 g/mol. The van der Waals surface area contributed by atoms with Crippen LogP contribution in [0.25, 0.3) is 0 Å². The summed E-state index contributed by atoms with van der Waals surface area (Å²) in [6, 6.07) is 9.14. The van der Waals surface area contributed by atoms with Crippen molar-refractivity contribution >= 4 is 34.6 Å². The molecule has 0 aliphatic carbocycles. The van der Waals surface area contributed by atoms with Crippen molar-refractivity contribution in [2.24, 2.45) is 0 Å². The van der Waals surface area contributed by atoms with E-state index in [4.69, 9.17) is 22.8 Å². The fraction of sp³-hybridized carbons (Fsp3) is 0.333. The SMILES string of the molecule is O=P(Cl)(CCCCl)c1ccccc1. The third-order valence-corrected chi connectivity index (χ3v) is 5.04. The van der Waals surface area contributed by atoms with E-state index in [1.54, 1.807) is 12.1 Å². The summed E-state index contributed by atoms with van der Waals surface area (Å²) in [5.41, 5.74) is 0. The van der Waals surface area contributed by atoms with Crippen molar-refractivity contribution in [1.82, 2.24) is 0 Å². The van der Waals surface area contributed by atoms with Crippen LogP contribution < -0.4 is 5.30 Å². The largest absolute Gasteiger partial charge is 0.302 e. The summed E-state index contributed by atoms with van der Waals surface area (Å²) in [6.07, 6.45) is 1.17. The van der Waals surface area contributed by atoms with E-state index >= 15 is 0 Å². The van der Waals surface area contributed by atoms with Gasteiger partial charge in [0, 0.05) is 17.3 Å². The molecule has 1 unspecified atom stereocenters. The Bertz CT molecular complexity index is 300. The van der Waals surface area contributed by atoms with E-state index in [2.05, 4.69) is 0 Å². The molecule has 0 spiro atoms. The molecule has 0 aromatic heterocycles. The van der Waals surface area contributed by atoms with Crippen LogP contribution in [-0.4, -0.2) is 12.0 Å². The van der Waals surface area contributed by atoms with E-state index in [0.29, 0.717) is 18.5 Å². The van der Waals surface area contributed by atoms with E-state index in [1.165, 1.54) is 0 Å². The lowest BCUT2D eigenvalue weighted by molar-refractivity contribution is 0.589. The van der Waals surface area contributed by atoms with Gasteiger partial charge in [0.2, 0.25) is 0 Å². The summed E-state index contributed by atoms with van der Waals surface area (Å²) in [7, 11) is 0. The number of alkyl halides is 1. The summed E-state index contributed by atoms with van der Waals surface area (Å²) in [4.78, 5) is 0. The van der Waals surface area contributed by atoms with E-state index in [-0.39, 0.29) is 0 Å². The zero-order valence-corrected chi connectivity index (χ0v) is 9.53. The highest BCUT2D eigenvalue weighted by Gasteiger charge is 2.19. The third-order valence-electron chi connectivity index (χ3n) is 1.72. The molecule has 72 valence electrons. The number of rotatable bonds is 4. The van der Waals surface area contributed by atoms with Crippen molar-refractivity contribution in [1.29, 1.82) is 0 Å². The molecule has 0 radical (unpaired) electrons. The number of hydrogen-bond acceptors (Lipinski definition) is 1. The fourth-order valence-corrected chi connectivity index (χ4v) is 3.50. The first-order valence-corrected chi connectivity index (χ1v) is 7.40. The van der Waals surface area contributed by atoms with E-state index in [1.807, 2.05) is 18.2 Å². The predicted molar refractivity (Wildman–Crippen MR) is 59.7 cm³/mol. The van der Waals surface area contributed by atoms with Gasteiger partial charge in [-0.1, -0.05) is 30.3 Å². The number of halogens is 2. The third kappa shape index (κ3) is 3.34. The van der Waals surface area contributed by atoms with Crippen molar-refractivity contribution < 1.29 is 4.57 Å². The molecule has 0 aliphatic rings. The Labute approximate surface area is 88.2 Å². The molecular formula is C9H11Cl2OP. The molecule has 0 saturated heterocycles. The molecule has 1 rings (SSSR count). The van der Waals surface area contributed by atoms with Crippen LogP contribution in [0.1, 0.15) is 6.42 Å². The lowest BCUT2D eigenvalue weighted by atomic mass is 10.4. The van der Waals surface area contributed by atoms with Gasteiger partial charge < -0.3 is 4.57 Å². The maximum Gasteiger partial charge on any atom is 0.197 e. The number of benzene rings is 1. The van der Waals surface area contributed by atoms with Crippen LogP contribution in [0.4, 0.5) is 0 Å². The van der Waals surface area contributed by atoms with E-state index in [0.717, 1.165) is 5.30 Å². The summed E-state index contributed by atoms with van der Waals surface area (Å²) in [5.74, 6) is 0.504. The molecule has 0 aliphatic heterocycles. The molecule has 0 N–H and O–H groups in total. The van der Waals surface area contributed by atoms with Crippen LogP contribution in [0.15, 0.2) is 30.3 Å². The van der Waals surface area contributed by atoms with Gasteiger partial charge in [0.15, 0.2) is 6.49 Å². The molecule has 13 heavy (non-hydrogen) atoms. The summed E-state index contributed by atoms with van der Waals surface area (Å²) in [6.45, 7) is -2.67. The zero-order valence-electron chi connectivity index (χ0n) is 7.12. The highest BCUT2D eigenvalue weighted by molar-refractivity contribution is 7.95. The second-order valence-electron chi connectivity index (χ2n) is 2.75. The summed E-state index contributed by atoms with van der Waals surface area (Å²) < 4.78 is 11.9. The average Bonchev–Trinajstić information content (AvgIpc) is 2.16. The first-order valence-electron chi connectivity index (χ1n) is 4.07. The fourth-order valence-electron chi connectivity index (χ4n) is 1.04. The van der Waals surface area contributed by atoms with Crippen molar-refractivity contribution in [3.05, 3.63) is 30.3 Å². The van der Waals surface area contributed by atoms with Crippen molar-refractivity contribution in [2.75, 3.05) is 12.0 Å². The molecule has 0 fully saturated rings. The Morgan fingerprint density at radius 3 is 2.38 bits per heavy atom. The molecule has 0 saturated carbocycles. The van der Waals surface area contributed by atoms with Gasteiger partial charge >= 0.3 is 0 Å². The number of hydrogen-bond donors (Lipinski definition) is 0. The van der Waals surface area contributed by atoms with E-state index < -0.39 is 6.49 Å². The molecule has 1 aromatic rings. The Morgan fingerprint density at radius 1 is 1.23 bits per heavy atom. The average molecular weight is 237 g/mol. The topological polar surface area (TPSA) is 17.1 Å². The minimum atomic E-state index is -2.67. The maximum absolute atomic E-state index is 11.9. The molecule has 0 bridgehead atoms.